The van der Waals surface area contributed by atoms with E-state index in [9.17, 15) is 4.79 Å². The Morgan fingerprint density at radius 3 is 2.08 bits per heavy atom. The van der Waals surface area contributed by atoms with Gasteiger partial charge in [0.15, 0.2) is 5.82 Å². The molecule has 3 aromatic rings. The molecule has 206 valence electrons. The van der Waals surface area contributed by atoms with Crippen LogP contribution in [-0.4, -0.2) is 26.8 Å². The van der Waals surface area contributed by atoms with Crippen LogP contribution in [0.4, 0.5) is 5.69 Å². The fraction of sp³-hybridized carbons (Fsp3) is 0.531. The van der Waals surface area contributed by atoms with E-state index in [4.69, 9.17) is 4.74 Å². The second-order valence-corrected chi connectivity index (χ2v) is 10.5. The molecular formula is C32H46N4O2. The number of anilines is 1. The minimum Gasteiger partial charge on any atom is -0.460 e. The molecule has 0 saturated heterocycles. The van der Waals surface area contributed by atoms with E-state index in [-0.39, 0.29) is 12.0 Å². The molecule has 0 aliphatic carbocycles. The third-order valence-corrected chi connectivity index (χ3v) is 6.72. The number of hydrogen-bond acceptors (Lipinski definition) is 4. The number of hydrogen-bond donors (Lipinski definition) is 1. The summed E-state index contributed by atoms with van der Waals surface area (Å²) >= 11 is 0. The lowest BCUT2D eigenvalue weighted by Crippen LogP contribution is -2.11. The maximum absolute atomic E-state index is 12.5. The first-order valence-corrected chi connectivity index (χ1v) is 14.6. The standard InChI is InChI=1S/C32H46N4O2/c1-5-6-7-8-9-10-11-12-13-14-15-20-30(37)33-27-21-23-28(24-22-27)36-31(29-19-17-16-18-26(29)4)34-32(35-36)38-25(2)3/h16-19,21-25H,5-15,20H2,1-4H3,(H,33,37). The maximum Gasteiger partial charge on any atom is 0.336 e. The molecule has 0 fully saturated rings. The maximum atomic E-state index is 12.5. The number of carbonyl (C=O) groups is 1. The number of benzene rings is 2. The summed E-state index contributed by atoms with van der Waals surface area (Å²) in [5, 5.41) is 7.65. The summed E-state index contributed by atoms with van der Waals surface area (Å²) in [5.74, 6) is 0.801. The van der Waals surface area contributed by atoms with Crippen LogP contribution in [0.2, 0.25) is 0 Å². The molecule has 1 heterocycles. The number of ether oxygens (including phenoxy) is 1. The molecule has 0 unspecified atom stereocenters. The summed E-state index contributed by atoms with van der Waals surface area (Å²) < 4.78 is 7.59. The third-order valence-electron chi connectivity index (χ3n) is 6.72. The van der Waals surface area contributed by atoms with Crippen LogP contribution in [-0.2, 0) is 4.79 Å². The number of aromatic nitrogens is 3. The molecule has 6 heteroatoms. The van der Waals surface area contributed by atoms with Gasteiger partial charge in [0.05, 0.1) is 11.8 Å². The van der Waals surface area contributed by atoms with Crippen molar-refractivity contribution in [3.05, 3.63) is 54.1 Å². The molecule has 38 heavy (non-hydrogen) atoms. The smallest absolute Gasteiger partial charge is 0.336 e. The average Bonchev–Trinajstić information content (AvgIpc) is 3.30. The first-order valence-electron chi connectivity index (χ1n) is 14.6. The highest BCUT2D eigenvalue weighted by Crippen LogP contribution is 2.27. The number of aryl methyl sites for hydroxylation is 1. The largest absolute Gasteiger partial charge is 0.460 e. The van der Waals surface area contributed by atoms with Crippen molar-refractivity contribution in [1.82, 2.24) is 14.8 Å². The second kappa shape index (κ2) is 16.0. The molecule has 0 radical (unpaired) electrons. The van der Waals surface area contributed by atoms with Crippen molar-refractivity contribution < 1.29 is 9.53 Å². The second-order valence-electron chi connectivity index (χ2n) is 10.5. The Hall–Kier alpha value is -3.15. The van der Waals surface area contributed by atoms with Crippen LogP contribution in [0.1, 0.15) is 103 Å². The molecule has 1 N–H and O–H groups in total. The van der Waals surface area contributed by atoms with Crippen LogP contribution in [0.3, 0.4) is 0 Å². The van der Waals surface area contributed by atoms with Crippen molar-refractivity contribution in [2.75, 3.05) is 5.32 Å². The Balaban J connectivity index is 1.48. The highest BCUT2D eigenvalue weighted by Gasteiger charge is 2.17. The van der Waals surface area contributed by atoms with Gasteiger partial charge in [0.2, 0.25) is 5.91 Å². The van der Waals surface area contributed by atoms with E-state index in [2.05, 4.69) is 35.3 Å². The molecule has 1 amide bonds. The van der Waals surface area contributed by atoms with Gasteiger partial charge in [0.1, 0.15) is 0 Å². The zero-order valence-electron chi connectivity index (χ0n) is 23.8. The van der Waals surface area contributed by atoms with E-state index >= 15 is 0 Å². The van der Waals surface area contributed by atoms with Crippen molar-refractivity contribution in [1.29, 1.82) is 0 Å². The van der Waals surface area contributed by atoms with Gasteiger partial charge < -0.3 is 10.1 Å². The molecule has 1 aromatic heterocycles. The fourth-order valence-corrected chi connectivity index (χ4v) is 4.59. The predicted molar refractivity (Wildman–Crippen MR) is 157 cm³/mol. The summed E-state index contributed by atoms with van der Waals surface area (Å²) in [5.41, 5.74) is 3.77. The van der Waals surface area contributed by atoms with Crippen LogP contribution in [0, 0.1) is 6.92 Å². The van der Waals surface area contributed by atoms with Crippen LogP contribution >= 0.6 is 0 Å². The molecular weight excluding hydrogens is 472 g/mol. The monoisotopic (exact) mass is 518 g/mol. The summed E-state index contributed by atoms with van der Waals surface area (Å²) in [6.45, 7) is 8.24. The van der Waals surface area contributed by atoms with Gasteiger partial charge >= 0.3 is 6.01 Å². The Morgan fingerprint density at radius 2 is 1.47 bits per heavy atom. The zero-order valence-corrected chi connectivity index (χ0v) is 23.8. The Morgan fingerprint density at radius 1 is 0.868 bits per heavy atom. The summed E-state index contributed by atoms with van der Waals surface area (Å²) in [6, 6.07) is 16.2. The van der Waals surface area contributed by atoms with Crippen molar-refractivity contribution in [2.24, 2.45) is 0 Å². The molecule has 0 saturated carbocycles. The molecule has 0 spiro atoms. The van der Waals surface area contributed by atoms with Gasteiger partial charge in [0.25, 0.3) is 0 Å². The van der Waals surface area contributed by atoms with E-state index in [1.807, 2.05) is 56.3 Å². The van der Waals surface area contributed by atoms with Crippen molar-refractivity contribution >= 4 is 11.6 Å². The average molecular weight is 519 g/mol. The molecule has 0 aliphatic heterocycles. The number of rotatable bonds is 17. The van der Waals surface area contributed by atoms with Crippen molar-refractivity contribution in [2.45, 2.75) is 111 Å². The molecule has 3 rings (SSSR count). The molecule has 0 bridgehead atoms. The van der Waals surface area contributed by atoms with E-state index in [0.29, 0.717) is 12.4 Å². The number of nitrogens with one attached hydrogen (secondary N) is 1. The van der Waals surface area contributed by atoms with Gasteiger partial charge in [-0.15, -0.1) is 5.10 Å². The van der Waals surface area contributed by atoms with Gasteiger partial charge in [-0.05, 0) is 57.0 Å². The number of nitrogens with zero attached hydrogens (tertiary/aromatic N) is 3. The minimum absolute atomic E-state index is 0.0199. The van der Waals surface area contributed by atoms with Crippen LogP contribution in [0.15, 0.2) is 48.5 Å². The topological polar surface area (TPSA) is 69.0 Å². The SMILES string of the molecule is CCCCCCCCCCCCCC(=O)Nc1ccc(-n2nc(OC(C)C)nc2-c2ccccc2C)cc1. The predicted octanol–water partition coefficient (Wildman–Crippen LogP) is 8.67. The molecule has 0 aliphatic rings. The lowest BCUT2D eigenvalue weighted by molar-refractivity contribution is -0.116. The summed E-state index contributed by atoms with van der Waals surface area (Å²) in [6.07, 6.45) is 14.6. The van der Waals surface area contributed by atoms with E-state index in [1.54, 1.807) is 4.68 Å². The molecule has 2 aromatic carbocycles. The Kier molecular flexibility index (Phi) is 12.3. The van der Waals surface area contributed by atoms with Gasteiger partial charge in [-0.25, -0.2) is 4.68 Å². The van der Waals surface area contributed by atoms with Crippen molar-refractivity contribution in [3.63, 3.8) is 0 Å². The summed E-state index contributed by atoms with van der Waals surface area (Å²) in [7, 11) is 0. The quantitative estimate of drug-likeness (QED) is 0.182. The van der Waals surface area contributed by atoms with Gasteiger partial charge in [-0.2, -0.15) is 4.98 Å². The van der Waals surface area contributed by atoms with E-state index in [1.165, 1.54) is 57.8 Å². The zero-order chi connectivity index (χ0) is 27.2. The van der Waals surface area contributed by atoms with Crippen LogP contribution in [0.25, 0.3) is 17.1 Å². The van der Waals surface area contributed by atoms with Crippen LogP contribution < -0.4 is 10.1 Å². The first-order chi connectivity index (χ1) is 18.5. The van der Waals surface area contributed by atoms with E-state index in [0.717, 1.165) is 41.2 Å². The molecule has 6 nitrogen and oxygen atoms in total. The van der Waals surface area contributed by atoms with E-state index < -0.39 is 0 Å². The highest BCUT2D eigenvalue weighted by molar-refractivity contribution is 5.90. The van der Waals surface area contributed by atoms with Crippen LogP contribution in [0.5, 0.6) is 6.01 Å². The van der Waals surface area contributed by atoms with Crippen molar-refractivity contribution in [3.8, 4) is 23.1 Å². The first kappa shape index (κ1) is 29.4. The van der Waals surface area contributed by atoms with Gasteiger partial charge in [0, 0.05) is 17.7 Å². The summed E-state index contributed by atoms with van der Waals surface area (Å²) in [4.78, 5) is 17.1. The van der Waals surface area contributed by atoms with Gasteiger partial charge in [-0.1, -0.05) is 95.4 Å². The number of amides is 1. The number of carbonyl (C=O) groups excluding carboxylic acids is 1. The lowest BCUT2D eigenvalue weighted by Gasteiger charge is -2.10. The van der Waals surface area contributed by atoms with Gasteiger partial charge in [-0.3, -0.25) is 4.79 Å². The Labute approximate surface area is 229 Å². The number of unbranched alkanes of at least 4 members (excludes halogenated alkanes) is 10. The molecule has 0 atom stereocenters. The lowest BCUT2D eigenvalue weighted by atomic mass is 10.1. The highest BCUT2D eigenvalue weighted by atomic mass is 16.5. The minimum atomic E-state index is -0.0199. The normalized spacial score (nSPS) is 11.2. The fourth-order valence-electron chi connectivity index (χ4n) is 4.59. The third kappa shape index (κ3) is 9.62. The Bertz CT molecular complexity index is 1100.